The average molecular weight is 272 g/mol. The van der Waals surface area contributed by atoms with Gasteiger partial charge in [-0.3, -0.25) is 4.57 Å². The molecule has 0 spiro atoms. The number of aromatic hydroxyl groups is 1. The molecule has 18 heavy (non-hydrogen) atoms. The fourth-order valence-electron chi connectivity index (χ4n) is 2.09. The SMILES string of the molecule is CCOP(=O)(O)C(c1ccc(O)cc1)C(C)(C)C. The van der Waals surface area contributed by atoms with Gasteiger partial charge < -0.3 is 14.5 Å². The third-order valence-electron chi connectivity index (χ3n) is 2.67. The smallest absolute Gasteiger partial charge is 0.336 e. The summed E-state index contributed by atoms with van der Waals surface area (Å²) in [5, 5.41) is 9.28. The molecule has 0 amide bonds. The van der Waals surface area contributed by atoms with Crippen molar-refractivity contribution in [1.29, 1.82) is 0 Å². The lowest BCUT2D eigenvalue weighted by molar-refractivity contribution is 0.236. The minimum absolute atomic E-state index is 0.135. The van der Waals surface area contributed by atoms with Crippen LogP contribution >= 0.6 is 7.60 Å². The molecule has 2 atom stereocenters. The van der Waals surface area contributed by atoms with Crippen LogP contribution in [0.4, 0.5) is 0 Å². The predicted octanol–water partition coefficient (Wildman–Crippen LogP) is 3.70. The Bertz CT molecular complexity index is 433. The molecule has 0 bridgehead atoms. The maximum Gasteiger partial charge on any atom is 0.336 e. The molecule has 0 radical (unpaired) electrons. The standard InChI is InChI=1S/C13H21O4P/c1-5-17-18(15,16)12(13(2,3)4)10-6-8-11(14)9-7-10/h6-9,12,14H,5H2,1-4H3,(H,15,16). The molecule has 1 rings (SSSR count). The fourth-order valence-corrected chi connectivity index (χ4v) is 4.14. The third-order valence-corrected chi connectivity index (χ3v) is 5.02. The molecule has 0 aromatic heterocycles. The first-order valence-corrected chi connectivity index (χ1v) is 7.59. The maximum atomic E-state index is 12.3. The summed E-state index contributed by atoms with van der Waals surface area (Å²) in [4.78, 5) is 10.1. The van der Waals surface area contributed by atoms with Crippen molar-refractivity contribution in [3.05, 3.63) is 29.8 Å². The molecule has 0 heterocycles. The van der Waals surface area contributed by atoms with E-state index >= 15 is 0 Å². The molecule has 102 valence electrons. The zero-order chi connectivity index (χ0) is 14.0. The Morgan fingerprint density at radius 1 is 1.28 bits per heavy atom. The van der Waals surface area contributed by atoms with Gasteiger partial charge in [0.05, 0.1) is 12.3 Å². The summed E-state index contributed by atoms with van der Waals surface area (Å²) in [6.45, 7) is 7.57. The van der Waals surface area contributed by atoms with Crippen LogP contribution in [0.1, 0.15) is 38.9 Å². The van der Waals surface area contributed by atoms with Gasteiger partial charge in [0.2, 0.25) is 0 Å². The summed E-state index contributed by atoms with van der Waals surface area (Å²) in [6.07, 6.45) is 0. The van der Waals surface area contributed by atoms with Crippen molar-refractivity contribution in [2.45, 2.75) is 33.4 Å². The van der Waals surface area contributed by atoms with E-state index in [4.69, 9.17) is 4.52 Å². The van der Waals surface area contributed by atoms with Gasteiger partial charge in [-0.15, -0.1) is 0 Å². The molecule has 1 aromatic rings. The van der Waals surface area contributed by atoms with Crippen molar-refractivity contribution >= 4 is 7.60 Å². The molecule has 0 fully saturated rings. The topological polar surface area (TPSA) is 66.8 Å². The van der Waals surface area contributed by atoms with Gasteiger partial charge in [0.25, 0.3) is 0 Å². The maximum absolute atomic E-state index is 12.3. The quantitative estimate of drug-likeness (QED) is 0.820. The fraction of sp³-hybridized carbons (Fsp3) is 0.538. The first-order chi connectivity index (χ1) is 8.18. The first kappa shape index (κ1) is 15.2. The van der Waals surface area contributed by atoms with Gasteiger partial charge in [0.15, 0.2) is 0 Å². The van der Waals surface area contributed by atoms with Crippen LogP contribution in [-0.2, 0) is 9.09 Å². The molecule has 5 heteroatoms. The second-order valence-corrected chi connectivity index (χ2v) is 7.24. The third kappa shape index (κ3) is 3.58. The van der Waals surface area contributed by atoms with Crippen LogP contribution in [0.2, 0.25) is 0 Å². The Labute approximate surface area is 108 Å². The van der Waals surface area contributed by atoms with Crippen molar-refractivity contribution in [1.82, 2.24) is 0 Å². The summed E-state index contributed by atoms with van der Waals surface area (Å²) < 4.78 is 17.4. The van der Waals surface area contributed by atoms with Crippen LogP contribution in [0, 0.1) is 5.41 Å². The van der Waals surface area contributed by atoms with E-state index in [0.717, 1.165) is 0 Å². The molecule has 4 nitrogen and oxygen atoms in total. The highest BCUT2D eigenvalue weighted by Gasteiger charge is 2.42. The monoisotopic (exact) mass is 272 g/mol. The van der Waals surface area contributed by atoms with Gasteiger partial charge in [-0.25, -0.2) is 0 Å². The highest BCUT2D eigenvalue weighted by molar-refractivity contribution is 7.53. The summed E-state index contributed by atoms with van der Waals surface area (Å²) in [5.41, 5.74) is -0.346. The highest BCUT2D eigenvalue weighted by Crippen LogP contribution is 2.63. The highest BCUT2D eigenvalue weighted by atomic mass is 31.2. The number of phenols is 1. The summed E-state index contributed by atoms with van der Waals surface area (Å²) in [6, 6.07) is 6.35. The van der Waals surface area contributed by atoms with Gasteiger partial charge in [-0.2, -0.15) is 0 Å². The summed E-state index contributed by atoms with van der Waals surface area (Å²) in [7, 11) is -3.74. The van der Waals surface area contributed by atoms with Crippen molar-refractivity contribution in [2.24, 2.45) is 5.41 Å². The number of hydrogen-bond donors (Lipinski definition) is 2. The van der Waals surface area contributed by atoms with Gasteiger partial charge in [-0.05, 0) is 30.0 Å². The Kier molecular flexibility index (Phi) is 4.60. The lowest BCUT2D eigenvalue weighted by Gasteiger charge is -2.33. The predicted molar refractivity (Wildman–Crippen MR) is 71.8 cm³/mol. The zero-order valence-electron chi connectivity index (χ0n) is 11.3. The minimum atomic E-state index is -3.74. The zero-order valence-corrected chi connectivity index (χ0v) is 12.1. The minimum Gasteiger partial charge on any atom is -0.508 e. The van der Waals surface area contributed by atoms with E-state index in [-0.39, 0.29) is 12.4 Å². The molecular weight excluding hydrogens is 251 g/mol. The van der Waals surface area contributed by atoms with Crippen molar-refractivity contribution in [2.75, 3.05) is 6.61 Å². The molecule has 0 aliphatic rings. The molecule has 0 saturated carbocycles. The normalized spacial score (nSPS) is 17.2. The van der Waals surface area contributed by atoms with E-state index < -0.39 is 18.7 Å². The summed E-state index contributed by atoms with van der Waals surface area (Å²) in [5.74, 6) is 0.135. The van der Waals surface area contributed by atoms with E-state index in [1.165, 1.54) is 12.1 Å². The first-order valence-electron chi connectivity index (χ1n) is 5.94. The van der Waals surface area contributed by atoms with Crippen LogP contribution in [-0.4, -0.2) is 16.6 Å². The molecule has 2 N–H and O–H groups in total. The average Bonchev–Trinajstić information content (AvgIpc) is 2.18. The Morgan fingerprint density at radius 2 is 1.78 bits per heavy atom. The van der Waals surface area contributed by atoms with Crippen LogP contribution < -0.4 is 0 Å². The van der Waals surface area contributed by atoms with Gasteiger partial charge in [-0.1, -0.05) is 32.9 Å². The van der Waals surface area contributed by atoms with Gasteiger partial charge in [0.1, 0.15) is 5.75 Å². The molecule has 0 aliphatic carbocycles. The number of benzene rings is 1. The molecular formula is C13H21O4P. The van der Waals surface area contributed by atoms with Crippen LogP contribution in [0.15, 0.2) is 24.3 Å². The van der Waals surface area contributed by atoms with Crippen molar-refractivity contribution in [3.8, 4) is 5.75 Å². The van der Waals surface area contributed by atoms with E-state index in [1.54, 1.807) is 19.1 Å². The summed E-state index contributed by atoms with van der Waals surface area (Å²) >= 11 is 0. The van der Waals surface area contributed by atoms with Crippen LogP contribution in [0.5, 0.6) is 5.75 Å². The van der Waals surface area contributed by atoms with Crippen molar-refractivity contribution < 1.29 is 19.1 Å². The Hall–Kier alpha value is -0.830. The van der Waals surface area contributed by atoms with Crippen molar-refractivity contribution in [3.63, 3.8) is 0 Å². The van der Waals surface area contributed by atoms with Gasteiger partial charge >= 0.3 is 7.60 Å². The lowest BCUT2D eigenvalue weighted by atomic mass is 9.87. The lowest BCUT2D eigenvalue weighted by Crippen LogP contribution is -2.19. The number of phenolic OH excluding ortho intramolecular Hbond substituents is 1. The second kappa shape index (κ2) is 5.43. The molecule has 1 aromatic carbocycles. The van der Waals surface area contributed by atoms with Crippen LogP contribution in [0.25, 0.3) is 0 Å². The van der Waals surface area contributed by atoms with Crippen LogP contribution in [0.3, 0.4) is 0 Å². The van der Waals surface area contributed by atoms with Gasteiger partial charge in [0, 0.05) is 0 Å². The Balaban J connectivity index is 3.23. The molecule has 2 unspecified atom stereocenters. The molecule has 0 aliphatic heterocycles. The number of hydrogen-bond acceptors (Lipinski definition) is 3. The Morgan fingerprint density at radius 3 is 2.17 bits per heavy atom. The van der Waals surface area contributed by atoms with E-state index in [9.17, 15) is 14.6 Å². The largest absolute Gasteiger partial charge is 0.508 e. The second-order valence-electron chi connectivity index (χ2n) is 5.34. The van der Waals surface area contributed by atoms with E-state index in [1.807, 2.05) is 20.8 Å². The van der Waals surface area contributed by atoms with E-state index in [0.29, 0.717) is 5.56 Å². The number of rotatable bonds is 4. The molecule has 0 saturated heterocycles. The van der Waals surface area contributed by atoms with E-state index in [2.05, 4.69) is 0 Å².